The molecular formula is C23H38N4O2S. The van der Waals surface area contributed by atoms with Crippen molar-refractivity contribution in [3.8, 4) is 0 Å². The zero-order valence-electron chi connectivity index (χ0n) is 19.9. The van der Waals surface area contributed by atoms with Crippen LogP contribution in [0.1, 0.15) is 47.4 Å². The van der Waals surface area contributed by atoms with E-state index in [1.165, 1.54) is 0 Å². The quantitative estimate of drug-likeness (QED) is 0.697. The Labute approximate surface area is 182 Å². The summed E-state index contributed by atoms with van der Waals surface area (Å²) in [7, 11) is 0.774. The van der Waals surface area contributed by atoms with Gasteiger partial charge in [-0.3, -0.25) is 4.90 Å². The number of imidazole rings is 1. The van der Waals surface area contributed by atoms with Crippen LogP contribution in [0.15, 0.2) is 23.1 Å². The molecule has 0 saturated carbocycles. The van der Waals surface area contributed by atoms with Crippen molar-refractivity contribution in [2.24, 2.45) is 5.41 Å². The zero-order chi connectivity index (χ0) is 22.5. The lowest BCUT2D eigenvalue weighted by molar-refractivity contribution is 0.0723. The van der Waals surface area contributed by atoms with E-state index in [4.69, 9.17) is 4.98 Å². The van der Waals surface area contributed by atoms with Crippen LogP contribution in [0.4, 0.5) is 0 Å². The monoisotopic (exact) mass is 434 g/mol. The second kappa shape index (κ2) is 7.92. The third-order valence-electron chi connectivity index (χ3n) is 5.82. The van der Waals surface area contributed by atoms with Crippen molar-refractivity contribution < 1.29 is 8.42 Å². The Kier molecular flexibility index (Phi) is 6.13. The second-order valence-corrected chi connectivity index (χ2v) is 13.3. The van der Waals surface area contributed by atoms with E-state index in [0.29, 0.717) is 18.0 Å². The highest BCUT2D eigenvalue weighted by Gasteiger charge is 2.42. The minimum absolute atomic E-state index is 0.00302. The van der Waals surface area contributed by atoms with Crippen molar-refractivity contribution in [1.82, 2.24) is 19.4 Å². The van der Waals surface area contributed by atoms with Gasteiger partial charge in [0, 0.05) is 38.1 Å². The van der Waals surface area contributed by atoms with Crippen LogP contribution in [0, 0.1) is 5.41 Å². The van der Waals surface area contributed by atoms with E-state index in [2.05, 4.69) is 70.0 Å². The van der Waals surface area contributed by atoms with Crippen molar-refractivity contribution in [1.29, 1.82) is 0 Å². The molecular weight excluding hydrogens is 396 g/mol. The van der Waals surface area contributed by atoms with Crippen molar-refractivity contribution in [2.75, 3.05) is 33.7 Å². The van der Waals surface area contributed by atoms with Gasteiger partial charge in [0.1, 0.15) is 5.82 Å². The third-order valence-corrected chi connectivity index (χ3v) is 7.91. The maximum atomic E-state index is 13.2. The summed E-state index contributed by atoms with van der Waals surface area (Å²) in [6, 6.07) is 5.49. The summed E-state index contributed by atoms with van der Waals surface area (Å²) in [4.78, 5) is 9.64. The van der Waals surface area contributed by atoms with Gasteiger partial charge in [0.25, 0.3) is 0 Å². The number of likely N-dealkylation sites (N-methyl/N-ethyl adjacent to an activating group) is 1. The van der Waals surface area contributed by atoms with E-state index >= 15 is 0 Å². The molecule has 30 heavy (non-hydrogen) atoms. The Morgan fingerprint density at radius 1 is 1.10 bits per heavy atom. The standard InChI is InChI=1S/C23H38N4O2S/c1-22(2,3)14-21-24-19-13-17(9-10-20(19)27(21)12-11-25(7)8)30(28,29)18-15-26(16-18)23(4,5)6/h9-10,13,18H,11-12,14-16H2,1-8H3. The Bertz CT molecular complexity index is 1000. The zero-order valence-corrected chi connectivity index (χ0v) is 20.7. The smallest absolute Gasteiger partial charge is 0.183 e. The average molecular weight is 435 g/mol. The third kappa shape index (κ3) is 4.89. The van der Waals surface area contributed by atoms with Crippen LogP contribution in [0.5, 0.6) is 0 Å². The van der Waals surface area contributed by atoms with Crippen LogP contribution in [0.2, 0.25) is 0 Å². The van der Waals surface area contributed by atoms with Crippen LogP contribution in [-0.2, 0) is 22.8 Å². The van der Waals surface area contributed by atoms with Crippen LogP contribution in [0.25, 0.3) is 11.0 Å². The largest absolute Gasteiger partial charge is 0.327 e. The molecule has 0 aliphatic carbocycles. The molecule has 2 heterocycles. The summed E-state index contributed by atoms with van der Waals surface area (Å²) in [5.41, 5.74) is 1.90. The SMILES string of the molecule is CN(C)CCn1c(CC(C)(C)C)nc2cc(S(=O)(=O)C3CN(C(C)(C)C)C3)ccc21. The molecule has 1 aromatic heterocycles. The van der Waals surface area contributed by atoms with E-state index in [1.807, 2.05) is 6.07 Å². The van der Waals surface area contributed by atoms with Crippen molar-refractivity contribution in [2.45, 2.75) is 70.2 Å². The molecule has 0 radical (unpaired) electrons. The van der Waals surface area contributed by atoms with Crippen LogP contribution in [0.3, 0.4) is 0 Å². The minimum Gasteiger partial charge on any atom is -0.327 e. The van der Waals surface area contributed by atoms with Crippen molar-refractivity contribution in [3.63, 3.8) is 0 Å². The van der Waals surface area contributed by atoms with Gasteiger partial charge in [-0.25, -0.2) is 13.4 Å². The van der Waals surface area contributed by atoms with Gasteiger partial charge in [-0.05, 0) is 58.5 Å². The fraction of sp³-hybridized carbons (Fsp3) is 0.696. The molecule has 1 aromatic carbocycles. The maximum absolute atomic E-state index is 13.2. The summed E-state index contributed by atoms with van der Waals surface area (Å²) in [6.07, 6.45) is 0.848. The first-order valence-corrected chi connectivity index (χ1v) is 12.4. The highest BCUT2D eigenvalue weighted by atomic mass is 32.2. The lowest BCUT2D eigenvalue weighted by atomic mass is 9.92. The van der Waals surface area contributed by atoms with E-state index in [1.54, 1.807) is 12.1 Å². The molecule has 0 unspecified atom stereocenters. The Hall–Kier alpha value is -1.44. The van der Waals surface area contributed by atoms with Crippen LogP contribution in [-0.4, -0.2) is 72.3 Å². The Morgan fingerprint density at radius 2 is 1.73 bits per heavy atom. The molecule has 7 heteroatoms. The maximum Gasteiger partial charge on any atom is 0.183 e. The van der Waals surface area contributed by atoms with Crippen molar-refractivity contribution in [3.05, 3.63) is 24.0 Å². The predicted octanol–water partition coefficient (Wildman–Crippen LogP) is 3.44. The molecule has 0 amide bonds. The lowest BCUT2D eigenvalue weighted by Gasteiger charge is -2.47. The number of sulfone groups is 1. The predicted molar refractivity (Wildman–Crippen MR) is 124 cm³/mol. The first-order chi connectivity index (χ1) is 13.7. The number of hydrogen-bond acceptors (Lipinski definition) is 5. The first kappa shape index (κ1) is 23.2. The highest BCUT2D eigenvalue weighted by Crippen LogP contribution is 2.31. The topological polar surface area (TPSA) is 58.4 Å². The molecule has 0 atom stereocenters. The number of fused-ring (bicyclic) bond motifs is 1. The van der Waals surface area contributed by atoms with Gasteiger partial charge in [0.2, 0.25) is 0 Å². The Balaban J connectivity index is 1.94. The lowest BCUT2D eigenvalue weighted by Crippen LogP contribution is -2.61. The number of hydrogen-bond donors (Lipinski definition) is 0. The van der Waals surface area contributed by atoms with Gasteiger partial charge < -0.3 is 9.47 Å². The normalized spacial score (nSPS) is 17.1. The van der Waals surface area contributed by atoms with Gasteiger partial charge in [-0.2, -0.15) is 0 Å². The Morgan fingerprint density at radius 3 is 2.27 bits per heavy atom. The molecule has 2 aromatic rings. The van der Waals surface area contributed by atoms with Gasteiger partial charge in [-0.1, -0.05) is 20.8 Å². The molecule has 168 valence electrons. The molecule has 1 aliphatic rings. The average Bonchev–Trinajstić information content (AvgIpc) is 2.83. The van der Waals surface area contributed by atoms with Crippen LogP contribution < -0.4 is 0 Å². The molecule has 0 spiro atoms. The number of benzene rings is 1. The fourth-order valence-electron chi connectivity index (χ4n) is 3.87. The van der Waals surface area contributed by atoms with Gasteiger partial charge in [0.05, 0.1) is 21.2 Å². The summed E-state index contributed by atoms with van der Waals surface area (Å²) in [5.74, 6) is 1.02. The molecule has 6 nitrogen and oxygen atoms in total. The fourth-order valence-corrected chi connectivity index (χ4v) is 5.54. The van der Waals surface area contributed by atoms with Gasteiger partial charge in [0.15, 0.2) is 9.84 Å². The first-order valence-electron chi connectivity index (χ1n) is 10.8. The molecule has 3 rings (SSSR count). The summed E-state index contributed by atoms with van der Waals surface area (Å²) < 4.78 is 28.6. The highest BCUT2D eigenvalue weighted by molar-refractivity contribution is 7.92. The molecule has 1 aliphatic heterocycles. The van der Waals surface area contributed by atoms with Crippen LogP contribution >= 0.6 is 0 Å². The van der Waals surface area contributed by atoms with Gasteiger partial charge in [-0.15, -0.1) is 0 Å². The van der Waals surface area contributed by atoms with Crippen molar-refractivity contribution >= 4 is 20.9 Å². The summed E-state index contributed by atoms with van der Waals surface area (Å²) in [6.45, 7) is 15.9. The molecule has 1 fully saturated rings. The molecule has 0 bridgehead atoms. The molecule has 1 saturated heterocycles. The number of likely N-dealkylation sites (tertiary alicyclic amines) is 1. The number of rotatable bonds is 6. The number of nitrogens with zero attached hydrogens (tertiary/aromatic N) is 4. The molecule has 0 N–H and O–H groups in total. The minimum atomic E-state index is -3.35. The summed E-state index contributed by atoms with van der Waals surface area (Å²) >= 11 is 0. The number of aromatic nitrogens is 2. The van der Waals surface area contributed by atoms with Gasteiger partial charge >= 0.3 is 0 Å². The second-order valence-electron chi connectivity index (χ2n) is 11.1. The van der Waals surface area contributed by atoms with E-state index in [9.17, 15) is 8.42 Å². The van der Waals surface area contributed by atoms with E-state index < -0.39 is 9.84 Å². The van der Waals surface area contributed by atoms with E-state index in [-0.39, 0.29) is 16.2 Å². The van der Waals surface area contributed by atoms with E-state index in [0.717, 1.165) is 36.4 Å². The summed E-state index contributed by atoms with van der Waals surface area (Å²) in [5, 5.41) is -0.334.